The quantitative estimate of drug-likeness (QED) is 0.687. The van der Waals surface area contributed by atoms with Crippen molar-refractivity contribution in [2.45, 2.75) is 18.3 Å². The van der Waals surface area contributed by atoms with Crippen LogP contribution in [0.2, 0.25) is 0 Å². The van der Waals surface area contributed by atoms with Gasteiger partial charge in [-0.25, -0.2) is 4.79 Å². The number of carboxylic acid groups (broad SMARTS) is 1. The maximum absolute atomic E-state index is 11.4. The molecule has 18 heavy (non-hydrogen) atoms. The van der Waals surface area contributed by atoms with Crippen molar-refractivity contribution in [1.82, 2.24) is 0 Å². The number of fused-ring (bicyclic) bond motifs is 2. The Kier molecular flexibility index (Phi) is 2.45. The van der Waals surface area contributed by atoms with Crippen LogP contribution in [-0.2, 0) is 10.2 Å². The maximum atomic E-state index is 11.4. The van der Waals surface area contributed by atoms with Crippen molar-refractivity contribution in [3.63, 3.8) is 0 Å². The molecule has 0 aliphatic carbocycles. The van der Waals surface area contributed by atoms with Crippen molar-refractivity contribution in [3.8, 4) is 0 Å². The SMILES string of the molecule is Nc1ccc2c(c1)N(C(=O)O)CC21CCOCC1. The molecule has 0 bridgehead atoms. The molecule has 1 aromatic rings. The van der Waals surface area contributed by atoms with Gasteiger partial charge < -0.3 is 15.6 Å². The molecule has 2 aliphatic heterocycles. The van der Waals surface area contributed by atoms with Crippen molar-refractivity contribution in [2.75, 3.05) is 30.4 Å². The predicted octanol–water partition coefficient (Wildman–Crippen LogP) is 1.82. The summed E-state index contributed by atoms with van der Waals surface area (Å²) in [5.41, 5.74) is 8.12. The van der Waals surface area contributed by atoms with E-state index in [9.17, 15) is 9.90 Å². The molecule has 3 rings (SSSR count). The van der Waals surface area contributed by atoms with Crippen molar-refractivity contribution < 1.29 is 14.6 Å². The molecule has 0 radical (unpaired) electrons. The van der Waals surface area contributed by atoms with Crippen LogP contribution in [0.5, 0.6) is 0 Å². The third-order valence-electron chi connectivity index (χ3n) is 4.03. The fourth-order valence-electron chi connectivity index (χ4n) is 3.05. The molecule has 96 valence electrons. The largest absolute Gasteiger partial charge is 0.465 e. The van der Waals surface area contributed by atoms with Gasteiger partial charge in [-0.2, -0.15) is 0 Å². The smallest absolute Gasteiger partial charge is 0.411 e. The lowest BCUT2D eigenvalue weighted by atomic mass is 9.76. The van der Waals surface area contributed by atoms with Gasteiger partial charge in [-0.3, -0.25) is 4.90 Å². The highest BCUT2D eigenvalue weighted by molar-refractivity contribution is 5.91. The number of nitrogens with two attached hydrogens (primary N) is 1. The van der Waals surface area contributed by atoms with Gasteiger partial charge in [0, 0.05) is 30.9 Å². The number of nitrogen functional groups attached to an aromatic ring is 1. The van der Waals surface area contributed by atoms with E-state index in [4.69, 9.17) is 10.5 Å². The minimum absolute atomic E-state index is 0.0837. The number of hydrogen-bond donors (Lipinski definition) is 2. The zero-order valence-corrected chi connectivity index (χ0v) is 10.1. The van der Waals surface area contributed by atoms with Crippen LogP contribution in [0.1, 0.15) is 18.4 Å². The molecule has 0 unspecified atom stereocenters. The van der Waals surface area contributed by atoms with Crippen molar-refractivity contribution in [2.24, 2.45) is 0 Å². The zero-order valence-electron chi connectivity index (χ0n) is 10.1. The number of nitrogens with zero attached hydrogens (tertiary/aromatic N) is 1. The molecule has 1 spiro atoms. The maximum Gasteiger partial charge on any atom is 0.411 e. The van der Waals surface area contributed by atoms with Crippen LogP contribution in [-0.4, -0.2) is 31.0 Å². The lowest BCUT2D eigenvalue weighted by molar-refractivity contribution is 0.0552. The summed E-state index contributed by atoms with van der Waals surface area (Å²) < 4.78 is 5.40. The van der Waals surface area contributed by atoms with Crippen LogP contribution < -0.4 is 10.6 Å². The molecule has 0 aromatic heterocycles. The predicted molar refractivity (Wildman–Crippen MR) is 68.0 cm³/mol. The van der Waals surface area contributed by atoms with E-state index in [1.165, 1.54) is 4.90 Å². The number of rotatable bonds is 0. The monoisotopic (exact) mass is 248 g/mol. The van der Waals surface area contributed by atoms with Crippen LogP contribution in [0.25, 0.3) is 0 Å². The van der Waals surface area contributed by atoms with Gasteiger partial charge in [0.05, 0.1) is 5.69 Å². The highest BCUT2D eigenvalue weighted by Gasteiger charge is 2.45. The van der Waals surface area contributed by atoms with E-state index < -0.39 is 6.09 Å². The summed E-state index contributed by atoms with van der Waals surface area (Å²) in [6, 6.07) is 5.58. The Bertz CT molecular complexity index is 495. The van der Waals surface area contributed by atoms with Crippen LogP contribution in [0, 0.1) is 0 Å². The Balaban J connectivity index is 2.10. The van der Waals surface area contributed by atoms with Gasteiger partial charge in [0.2, 0.25) is 0 Å². The Morgan fingerprint density at radius 2 is 2.11 bits per heavy atom. The lowest BCUT2D eigenvalue weighted by Gasteiger charge is -2.33. The zero-order chi connectivity index (χ0) is 12.8. The molecule has 5 heteroatoms. The lowest BCUT2D eigenvalue weighted by Crippen LogP contribution is -2.40. The molecular formula is C13H16N2O3. The second kappa shape index (κ2) is 3.88. The van der Waals surface area contributed by atoms with Crippen LogP contribution in [0.3, 0.4) is 0 Å². The fraction of sp³-hybridized carbons (Fsp3) is 0.462. The summed E-state index contributed by atoms with van der Waals surface area (Å²) in [5.74, 6) is 0. The second-order valence-corrected chi connectivity index (χ2v) is 5.04. The Morgan fingerprint density at radius 1 is 1.39 bits per heavy atom. The summed E-state index contributed by atoms with van der Waals surface area (Å²) in [6.07, 6.45) is 0.826. The van der Waals surface area contributed by atoms with Crippen LogP contribution in [0.4, 0.5) is 16.2 Å². The van der Waals surface area contributed by atoms with Gasteiger partial charge in [-0.15, -0.1) is 0 Å². The van der Waals surface area contributed by atoms with Gasteiger partial charge in [-0.05, 0) is 30.5 Å². The van der Waals surface area contributed by atoms with Crippen molar-refractivity contribution in [3.05, 3.63) is 23.8 Å². The van der Waals surface area contributed by atoms with Gasteiger partial charge in [-0.1, -0.05) is 6.07 Å². The highest BCUT2D eigenvalue weighted by atomic mass is 16.5. The first-order valence-corrected chi connectivity index (χ1v) is 6.11. The van der Waals surface area contributed by atoms with Gasteiger partial charge in [0.25, 0.3) is 0 Å². The van der Waals surface area contributed by atoms with Crippen LogP contribution >= 0.6 is 0 Å². The third kappa shape index (κ3) is 1.54. The molecule has 3 N–H and O–H groups in total. The number of anilines is 2. The standard InChI is InChI=1S/C13H16N2O3/c14-9-1-2-10-11(7-9)15(12(16)17)8-13(10)3-5-18-6-4-13/h1-2,7H,3-6,8,14H2,(H,16,17). The van der Waals surface area contributed by atoms with E-state index in [1.807, 2.05) is 12.1 Å². The van der Waals surface area contributed by atoms with Crippen LogP contribution in [0.15, 0.2) is 18.2 Å². The molecule has 0 saturated carbocycles. The molecule has 0 atom stereocenters. The third-order valence-corrected chi connectivity index (χ3v) is 4.03. The number of ether oxygens (including phenoxy) is 1. The molecule has 1 aromatic carbocycles. The summed E-state index contributed by atoms with van der Waals surface area (Å²) in [4.78, 5) is 12.8. The molecular weight excluding hydrogens is 232 g/mol. The van der Waals surface area contributed by atoms with E-state index >= 15 is 0 Å². The Hall–Kier alpha value is -1.75. The topological polar surface area (TPSA) is 75.8 Å². The van der Waals surface area contributed by atoms with Gasteiger partial charge >= 0.3 is 6.09 Å². The average molecular weight is 248 g/mol. The number of carbonyl (C=O) groups is 1. The normalized spacial score (nSPS) is 21.0. The summed E-state index contributed by atoms with van der Waals surface area (Å²) in [5, 5.41) is 9.32. The molecule has 2 heterocycles. The highest BCUT2D eigenvalue weighted by Crippen LogP contribution is 2.47. The molecule has 5 nitrogen and oxygen atoms in total. The Morgan fingerprint density at radius 3 is 2.78 bits per heavy atom. The number of benzene rings is 1. The molecule has 1 amide bonds. The van der Waals surface area contributed by atoms with E-state index in [1.54, 1.807) is 6.07 Å². The van der Waals surface area contributed by atoms with Gasteiger partial charge in [0.1, 0.15) is 0 Å². The second-order valence-electron chi connectivity index (χ2n) is 5.04. The van der Waals surface area contributed by atoms with E-state index in [-0.39, 0.29) is 5.41 Å². The Labute approximate surface area is 105 Å². The number of hydrogen-bond acceptors (Lipinski definition) is 3. The van der Waals surface area contributed by atoms with Gasteiger partial charge in [0.15, 0.2) is 0 Å². The first kappa shape index (κ1) is 11.3. The summed E-state index contributed by atoms with van der Waals surface area (Å²) in [7, 11) is 0. The van der Waals surface area contributed by atoms with E-state index in [0.717, 1.165) is 24.1 Å². The average Bonchev–Trinajstić information content (AvgIpc) is 2.65. The first-order chi connectivity index (χ1) is 8.62. The first-order valence-electron chi connectivity index (χ1n) is 6.11. The summed E-state index contributed by atoms with van der Waals surface area (Å²) >= 11 is 0. The minimum atomic E-state index is -0.912. The van der Waals surface area contributed by atoms with E-state index in [2.05, 4.69) is 0 Å². The summed E-state index contributed by atoms with van der Waals surface area (Å²) in [6.45, 7) is 1.90. The van der Waals surface area contributed by atoms with Crippen molar-refractivity contribution in [1.29, 1.82) is 0 Å². The molecule has 2 aliphatic rings. The molecule has 1 saturated heterocycles. The minimum Gasteiger partial charge on any atom is -0.465 e. The molecule has 1 fully saturated rings. The van der Waals surface area contributed by atoms with E-state index in [0.29, 0.717) is 25.4 Å². The number of amides is 1. The fourth-order valence-corrected chi connectivity index (χ4v) is 3.05. The van der Waals surface area contributed by atoms with Crippen molar-refractivity contribution >= 4 is 17.5 Å².